The van der Waals surface area contributed by atoms with Crippen molar-refractivity contribution >= 4 is 12.0 Å². The van der Waals surface area contributed by atoms with Gasteiger partial charge in [-0.1, -0.05) is 36.4 Å². The van der Waals surface area contributed by atoms with E-state index in [4.69, 9.17) is 9.47 Å². The van der Waals surface area contributed by atoms with Crippen LogP contribution in [0.4, 0.5) is 9.18 Å². The van der Waals surface area contributed by atoms with Gasteiger partial charge in [0, 0.05) is 26.6 Å². The SMILES string of the molecule is CCO[C@H]1CO[C@@H](C(=O)N2CCc3ccccc3[C@@H]2c2ccc(F)cc2)C[C@@H]1N(C)C(=O)O. The molecule has 0 bridgehead atoms. The van der Waals surface area contributed by atoms with E-state index in [0.29, 0.717) is 19.6 Å². The first-order valence-corrected chi connectivity index (χ1v) is 11.2. The Hall–Kier alpha value is -2.97. The molecule has 4 atom stereocenters. The van der Waals surface area contributed by atoms with E-state index in [0.717, 1.165) is 16.7 Å². The fourth-order valence-corrected chi connectivity index (χ4v) is 4.85. The van der Waals surface area contributed by atoms with Crippen LogP contribution in [0, 0.1) is 5.82 Å². The summed E-state index contributed by atoms with van der Waals surface area (Å²) in [5.41, 5.74) is 2.98. The molecule has 8 heteroatoms. The maximum absolute atomic E-state index is 13.7. The predicted octanol–water partition coefficient (Wildman–Crippen LogP) is 3.47. The van der Waals surface area contributed by atoms with E-state index in [1.807, 2.05) is 25.1 Å². The molecule has 2 aromatic carbocycles. The van der Waals surface area contributed by atoms with Crippen LogP contribution in [-0.4, -0.2) is 72.0 Å². The molecule has 0 unspecified atom stereocenters. The number of halogens is 1. The predicted molar refractivity (Wildman–Crippen MR) is 119 cm³/mol. The zero-order chi connectivity index (χ0) is 23.5. The summed E-state index contributed by atoms with van der Waals surface area (Å²) in [4.78, 5) is 28.3. The molecule has 7 nitrogen and oxygen atoms in total. The first-order chi connectivity index (χ1) is 15.9. The van der Waals surface area contributed by atoms with Crippen LogP contribution in [-0.2, 0) is 20.7 Å². The molecule has 1 saturated heterocycles. The molecule has 4 rings (SSSR count). The molecule has 0 saturated carbocycles. The van der Waals surface area contributed by atoms with Gasteiger partial charge in [0.1, 0.15) is 18.0 Å². The van der Waals surface area contributed by atoms with Gasteiger partial charge >= 0.3 is 6.09 Å². The van der Waals surface area contributed by atoms with Gasteiger partial charge in [-0.15, -0.1) is 0 Å². The standard InChI is InChI=1S/C25H29FN2O5/c1-3-32-22-15-33-21(14-20(22)27(2)25(30)31)24(29)28-13-12-16-6-4-5-7-19(16)23(28)17-8-10-18(26)11-9-17/h4-11,20-23H,3,12-15H2,1-2H3,(H,30,31)/t20-,21+,22-,23-/m0/s1. The average Bonchev–Trinajstić information content (AvgIpc) is 2.83. The molecule has 1 fully saturated rings. The summed E-state index contributed by atoms with van der Waals surface area (Å²) in [6, 6.07) is 13.3. The zero-order valence-corrected chi connectivity index (χ0v) is 18.8. The van der Waals surface area contributed by atoms with Crippen molar-refractivity contribution in [1.29, 1.82) is 0 Å². The number of hydrogen-bond donors (Lipinski definition) is 1. The lowest BCUT2D eigenvalue weighted by atomic mass is 9.87. The van der Waals surface area contributed by atoms with Gasteiger partial charge in [-0.05, 0) is 42.2 Å². The molecule has 2 aromatic rings. The fourth-order valence-electron chi connectivity index (χ4n) is 4.85. The highest BCUT2D eigenvalue weighted by molar-refractivity contribution is 5.82. The number of amides is 2. The van der Waals surface area contributed by atoms with Crippen molar-refractivity contribution < 1.29 is 28.6 Å². The number of carbonyl (C=O) groups excluding carboxylic acids is 1. The minimum absolute atomic E-state index is 0.137. The van der Waals surface area contributed by atoms with Crippen molar-refractivity contribution in [2.45, 2.75) is 44.1 Å². The van der Waals surface area contributed by atoms with Crippen molar-refractivity contribution in [2.24, 2.45) is 0 Å². The smallest absolute Gasteiger partial charge is 0.407 e. The van der Waals surface area contributed by atoms with E-state index in [1.165, 1.54) is 24.1 Å². The molecule has 2 amide bonds. The Morgan fingerprint density at radius 2 is 1.94 bits per heavy atom. The Labute approximate surface area is 192 Å². The number of likely N-dealkylation sites (N-methyl/N-ethyl adjacent to an activating group) is 1. The number of ether oxygens (including phenoxy) is 2. The number of carbonyl (C=O) groups is 2. The van der Waals surface area contributed by atoms with Gasteiger partial charge in [-0.25, -0.2) is 9.18 Å². The largest absolute Gasteiger partial charge is 0.465 e. The van der Waals surface area contributed by atoms with Crippen molar-refractivity contribution in [1.82, 2.24) is 9.80 Å². The minimum atomic E-state index is -1.08. The summed E-state index contributed by atoms with van der Waals surface area (Å²) >= 11 is 0. The van der Waals surface area contributed by atoms with Crippen molar-refractivity contribution in [3.8, 4) is 0 Å². The van der Waals surface area contributed by atoms with Crippen LogP contribution in [0.25, 0.3) is 0 Å². The van der Waals surface area contributed by atoms with Gasteiger partial charge in [-0.3, -0.25) is 4.79 Å². The third-order valence-corrected chi connectivity index (χ3v) is 6.55. The molecule has 176 valence electrons. The molecule has 2 aliphatic rings. The Bertz CT molecular complexity index is 999. The van der Waals surface area contributed by atoms with Crippen LogP contribution in [0.1, 0.15) is 36.1 Å². The van der Waals surface area contributed by atoms with Crippen LogP contribution in [0.5, 0.6) is 0 Å². The summed E-state index contributed by atoms with van der Waals surface area (Å²) in [5.74, 6) is -0.532. The second-order valence-electron chi connectivity index (χ2n) is 8.45. The lowest BCUT2D eigenvalue weighted by Crippen LogP contribution is -2.56. The fraction of sp³-hybridized carbons (Fsp3) is 0.440. The first-order valence-electron chi connectivity index (χ1n) is 11.2. The first kappa shape index (κ1) is 23.2. The molecule has 0 aliphatic carbocycles. The highest BCUT2D eigenvalue weighted by Gasteiger charge is 2.42. The molecule has 1 N–H and O–H groups in total. The molecule has 2 heterocycles. The lowest BCUT2D eigenvalue weighted by Gasteiger charge is -2.43. The topological polar surface area (TPSA) is 79.3 Å². The summed E-state index contributed by atoms with van der Waals surface area (Å²) in [7, 11) is 1.49. The maximum atomic E-state index is 13.7. The molecular formula is C25H29FN2O5. The Morgan fingerprint density at radius 3 is 2.64 bits per heavy atom. The van der Waals surface area contributed by atoms with Crippen LogP contribution in [0.3, 0.4) is 0 Å². The van der Waals surface area contributed by atoms with Crippen molar-refractivity contribution in [2.75, 3.05) is 26.8 Å². The zero-order valence-electron chi connectivity index (χ0n) is 18.8. The number of nitrogens with zero attached hydrogens (tertiary/aromatic N) is 2. The summed E-state index contributed by atoms with van der Waals surface area (Å²) < 4.78 is 25.2. The van der Waals surface area contributed by atoms with Gasteiger partial charge < -0.3 is 24.4 Å². The lowest BCUT2D eigenvalue weighted by molar-refractivity contribution is -0.162. The molecule has 0 spiro atoms. The highest BCUT2D eigenvalue weighted by atomic mass is 19.1. The number of benzene rings is 2. The normalized spacial score (nSPS) is 24.8. The second-order valence-corrected chi connectivity index (χ2v) is 8.45. The third-order valence-electron chi connectivity index (χ3n) is 6.55. The van der Waals surface area contributed by atoms with Crippen LogP contribution in [0.15, 0.2) is 48.5 Å². The minimum Gasteiger partial charge on any atom is -0.465 e. The van der Waals surface area contributed by atoms with Gasteiger partial charge in [0.25, 0.3) is 5.91 Å². The molecule has 33 heavy (non-hydrogen) atoms. The summed E-state index contributed by atoms with van der Waals surface area (Å²) in [6.07, 6.45) is -1.39. The summed E-state index contributed by atoms with van der Waals surface area (Å²) in [5, 5.41) is 9.52. The van der Waals surface area contributed by atoms with E-state index < -0.39 is 24.3 Å². The van der Waals surface area contributed by atoms with E-state index >= 15 is 0 Å². The van der Waals surface area contributed by atoms with Crippen molar-refractivity contribution in [3.05, 3.63) is 71.0 Å². The molecular weight excluding hydrogens is 427 g/mol. The highest BCUT2D eigenvalue weighted by Crippen LogP contribution is 2.36. The Balaban J connectivity index is 1.63. The third kappa shape index (κ3) is 4.72. The van der Waals surface area contributed by atoms with Gasteiger partial charge in [0.05, 0.1) is 18.7 Å². The van der Waals surface area contributed by atoms with E-state index in [2.05, 4.69) is 6.07 Å². The van der Waals surface area contributed by atoms with Gasteiger partial charge in [0.2, 0.25) is 0 Å². The average molecular weight is 457 g/mol. The number of hydrogen-bond acceptors (Lipinski definition) is 4. The molecule has 2 aliphatic heterocycles. The van der Waals surface area contributed by atoms with E-state index in [-0.39, 0.29) is 30.8 Å². The monoisotopic (exact) mass is 456 g/mol. The molecule has 0 radical (unpaired) electrons. The number of fused-ring (bicyclic) bond motifs is 1. The van der Waals surface area contributed by atoms with Gasteiger partial charge in [-0.2, -0.15) is 0 Å². The second kappa shape index (κ2) is 9.89. The van der Waals surface area contributed by atoms with Crippen LogP contribution in [0.2, 0.25) is 0 Å². The van der Waals surface area contributed by atoms with Gasteiger partial charge in [0.15, 0.2) is 0 Å². The Kier molecular flexibility index (Phi) is 6.95. The summed E-state index contributed by atoms with van der Waals surface area (Å²) in [6.45, 7) is 2.89. The number of carboxylic acid groups (broad SMARTS) is 1. The van der Waals surface area contributed by atoms with E-state index in [1.54, 1.807) is 17.0 Å². The van der Waals surface area contributed by atoms with Crippen LogP contribution < -0.4 is 0 Å². The molecule has 0 aromatic heterocycles. The number of rotatable bonds is 5. The van der Waals surface area contributed by atoms with E-state index in [9.17, 15) is 19.1 Å². The Morgan fingerprint density at radius 1 is 1.21 bits per heavy atom. The quantitative estimate of drug-likeness (QED) is 0.745. The van der Waals surface area contributed by atoms with Crippen molar-refractivity contribution in [3.63, 3.8) is 0 Å². The maximum Gasteiger partial charge on any atom is 0.407 e. The van der Waals surface area contributed by atoms with Crippen LogP contribution >= 0.6 is 0 Å².